The molecule has 1 heterocycles. The highest BCUT2D eigenvalue weighted by Crippen LogP contribution is 2.32. The number of rotatable bonds is 5. The normalized spacial score (nSPS) is 15.0. The summed E-state index contributed by atoms with van der Waals surface area (Å²) in [5, 5.41) is 9.91. The van der Waals surface area contributed by atoms with Crippen LogP contribution in [0.2, 0.25) is 0 Å². The van der Waals surface area contributed by atoms with Crippen molar-refractivity contribution in [2.75, 3.05) is 5.73 Å². The van der Waals surface area contributed by atoms with Crippen molar-refractivity contribution in [3.63, 3.8) is 0 Å². The van der Waals surface area contributed by atoms with Crippen molar-refractivity contribution in [1.82, 2.24) is 4.90 Å². The molecule has 4 nitrogen and oxygen atoms in total. The number of hydrogen-bond acceptors (Lipinski definition) is 4. The van der Waals surface area contributed by atoms with E-state index in [-0.39, 0.29) is 0 Å². The Morgan fingerprint density at radius 1 is 1.26 bits per heavy atom. The lowest BCUT2D eigenvalue weighted by atomic mass is 10.1. The number of phenols is 1. The Bertz CT molecular complexity index is 547. The van der Waals surface area contributed by atoms with Crippen LogP contribution in [-0.2, 0) is 13.1 Å². The van der Waals surface area contributed by atoms with Gasteiger partial charge in [0.15, 0.2) is 0 Å². The van der Waals surface area contributed by atoms with Crippen LogP contribution < -0.4 is 5.73 Å². The zero-order valence-electron chi connectivity index (χ0n) is 10.7. The molecule has 3 N–H and O–H groups in total. The molecule has 2 aromatic rings. The van der Waals surface area contributed by atoms with Gasteiger partial charge in [-0.05, 0) is 43.2 Å². The van der Waals surface area contributed by atoms with Gasteiger partial charge in [0.1, 0.15) is 11.5 Å². The van der Waals surface area contributed by atoms with E-state index in [1.165, 1.54) is 12.8 Å². The number of furan rings is 1. The second-order valence-corrected chi connectivity index (χ2v) is 5.10. The first-order valence-corrected chi connectivity index (χ1v) is 6.56. The van der Waals surface area contributed by atoms with Gasteiger partial charge in [-0.2, -0.15) is 0 Å². The third-order valence-electron chi connectivity index (χ3n) is 3.48. The quantitative estimate of drug-likeness (QED) is 0.639. The van der Waals surface area contributed by atoms with Gasteiger partial charge in [-0.25, -0.2) is 0 Å². The van der Waals surface area contributed by atoms with Crippen LogP contribution in [0.5, 0.6) is 5.75 Å². The van der Waals surface area contributed by atoms with E-state index in [0.717, 1.165) is 17.9 Å². The van der Waals surface area contributed by atoms with Gasteiger partial charge < -0.3 is 15.3 Å². The molecule has 1 aromatic carbocycles. The molecule has 0 amide bonds. The largest absolute Gasteiger partial charge is 0.508 e. The molecule has 1 saturated carbocycles. The second-order valence-electron chi connectivity index (χ2n) is 5.10. The van der Waals surface area contributed by atoms with E-state index in [4.69, 9.17) is 10.2 Å². The minimum absolute atomic E-state index is 0.305. The standard InChI is InChI=1S/C15H18N2O2/c16-12-3-6-15(18)11(8-12)9-17(13-4-5-13)10-14-2-1-7-19-14/h1-3,6-8,13,18H,4-5,9-10,16H2. The number of nitrogens with zero attached hydrogens (tertiary/aromatic N) is 1. The maximum atomic E-state index is 9.91. The van der Waals surface area contributed by atoms with Crippen molar-refractivity contribution in [2.24, 2.45) is 0 Å². The summed E-state index contributed by atoms with van der Waals surface area (Å²) >= 11 is 0. The fourth-order valence-electron chi connectivity index (χ4n) is 2.31. The van der Waals surface area contributed by atoms with Gasteiger partial charge in [0.05, 0.1) is 12.8 Å². The summed E-state index contributed by atoms with van der Waals surface area (Å²) in [7, 11) is 0. The monoisotopic (exact) mass is 258 g/mol. The van der Waals surface area contributed by atoms with Crippen LogP contribution >= 0.6 is 0 Å². The molecular weight excluding hydrogens is 240 g/mol. The third kappa shape index (κ3) is 2.90. The molecule has 0 saturated heterocycles. The maximum absolute atomic E-state index is 9.91. The van der Waals surface area contributed by atoms with Crippen molar-refractivity contribution < 1.29 is 9.52 Å². The van der Waals surface area contributed by atoms with E-state index in [1.807, 2.05) is 18.2 Å². The lowest BCUT2D eigenvalue weighted by molar-refractivity contribution is 0.222. The van der Waals surface area contributed by atoms with Crippen LogP contribution in [0.15, 0.2) is 41.0 Å². The molecule has 1 fully saturated rings. The number of nitrogen functional groups attached to an aromatic ring is 1. The molecule has 0 spiro atoms. The smallest absolute Gasteiger partial charge is 0.120 e. The molecule has 0 aliphatic heterocycles. The van der Waals surface area contributed by atoms with E-state index in [1.54, 1.807) is 18.4 Å². The molecule has 0 atom stereocenters. The fraction of sp³-hybridized carbons (Fsp3) is 0.333. The molecule has 1 aliphatic rings. The van der Waals surface area contributed by atoms with Crippen molar-refractivity contribution in [1.29, 1.82) is 0 Å². The van der Waals surface area contributed by atoms with E-state index in [2.05, 4.69) is 4.90 Å². The minimum Gasteiger partial charge on any atom is -0.508 e. The number of phenolic OH excluding ortho intramolecular Hbond substituents is 1. The molecular formula is C15H18N2O2. The molecule has 0 radical (unpaired) electrons. The average Bonchev–Trinajstić information content (AvgIpc) is 3.12. The van der Waals surface area contributed by atoms with Crippen molar-refractivity contribution in [3.05, 3.63) is 47.9 Å². The summed E-state index contributed by atoms with van der Waals surface area (Å²) in [4.78, 5) is 2.33. The van der Waals surface area contributed by atoms with Crippen molar-refractivity contribution >= 4 is 5.69 Å². The predicted octanol–water partition coefficient (Wildman–Crippen LogP) is 2.73. The molecule has 19 heavy (non-hydrogen) atoms. The van der Waals surface area contributed by atoms with Gasteiger partial charge in [-0.15, -0.1) is 0 Å². The summed E-state index contributed by atoms with van der Waals surface area (Å²) in [5.74, 6) is 1.26. The molecule has 0 bridgehead atoms. The van der Waals surface area contributed by atoms with Crippen molar-refractivity contribution in [2.45, 2.75) is 32.0 Å². The fourth-order valence-corrected chi connectivity index (χ4v) is 2.31. The number of benzene rings is 1. The lowest BCUT2D eigenvalue weighted by Crippen LogP contribution is -2.24. The summed E-state index contributed by atoms with van der Waals surface area (Å²) in [6.07, 6.45) is 4.12. The van der Waals surface area contributed by atoms with Gasteiger partial charge in [0, 0.05) is 23.8 Å². The van der Waals surface area contributed by atoms with Gasteiger partial charge >= 0.3 is 0 Å². The predicted molar refractivity (Wildman–Crippen MR) is 73.5 cm³/mol. The Hall–Kier alpha value is -1.94. The van der Waals surface area contributed by atoms with Crippen LogP contribution in [0.4, 0.5) is 5.69 Å². The first kappa shape index (κ1) is 12.1. The number of anilines is 1. The Morgan fingerprint density at radius 3 is 2.79 bits per heavy atom. The Balaban J connectivity index is 1.76. The third-order valence-corrected chi connectivity index (χ3v) is 3.48. The van der Waals surface area contributed by atoms with E-state index in [0.29, 0.717) is 24.0 Å². The summed E-state index contributed by atoms with van der Waals surface area (Å²) in [6.45, 7) is 1.47. The van der Waals surface area contributed by atoms with Crippen LogP contribution in [0.1, 0.15) is 24.2 Å². The molecule has 3 rings (SSSR count). The van der Waals surface area contributed by atoms with E-state index >= 15 is 0 Å². The molecule has 4 heteroatoms. The van der Waals surface area contributed by atoms with E-state index in [9.17, 15) is 5.11 Å². The van der Waals surface area contributed by atoms with Crippen LogP contribution in [0, 0.1) is 0 Å². The second kappa shape index (κ2) is 4.97. The average molecular weight is 258 g/mol. The van der Waals surface area contributed by atoms with E-state index < -0.39 is 0 Å². The topological polar surface area (TPSA) is 62.6 Å². The van der Waals surface area contributed by atoms with Crippen LogP contribution in [0.25, 0.3) is 0 Å². The molecule has 0 unspecified atom stereocenters. The minimum atomic E-state index is 0.305. The number of aromatic hydroxyl groups is 1. The highest BCUT2D eigenvalue weighted by molar-refractivity contribution is 5.47. The highest BCUT2D eigenvalue weighted by atomic mass is 16.3. The highest BCUT2D eigenvalue weighted by Gasteiger charge is 2.30. The Kier molecular flexibility index (Phi) is 3.17. The summed E-state index contributed by atoms with van der Waals surface area (Å²) in [5.41, 5.74) is 7.34. The number of nitrogens with two attached hydrogens (primary N) is 1. The molecule has 1 aromatic heterocycles. The Morgan fingerprint density at radius 2 is 2.11 bits per heavy atom. The first-order chi connectivity index (χ1) is 9.22. The molecule has 1 aliphatic carbocycles. The van der Waals surface area contributed by atoms with Crippen LogP contribution in [0.3, 0.4) is 0 Å². The summed E-state index contributed by atoms with van der Waals surface area (Å²) < 4.78 is 5.40. The maximum Gasteiger partial charge on any atom is 0.120 e. The van der Waals surface area contributed by atoms with Gasteiger partial charge in [-0.3, -0.25) is 4.90 Å². The van der Waals surface area contributed by atoms with Gasteiger partial charge in [0.2, 0.25) is 0 Å². The van der Waals surface area contributed by atoms with Crippen LogP contribution in [-0.4, -0.2) is 16.0 Å². The van der Waals surface area contributed by atoms with Gasteiger partial charge in [0.25, 0.3) is 0 Å². The molecule has 100 valence electrons. The number of hydrogen-bond donors (Lipinski definition) is 2. The first-order valence-electron chi connectivity index (χ1n) is 6.56. The SMILES string of the molecule is Nc1ccc(O)c(CN(Cc2ccco2)C2CC2)c1. The lowest BCUT2D eigenvalue weighted by Gasteiger charge is -2.21. The van der Waals surface area contributed by atoms with Crippen molar-refractivity contribution in [3.8, 4) is 5.75 Å². The Labute approximate surface area is 112 Å². The van der Waals surface area contributed by atoms with Gasteiger partial charge in [-0.1, -0.05) is 0 Å². The summed E-state index contributed by atoms with van der Waals surface area (Å²) in [6, 6.07) is 9.68. The zero-order valence-corrected chi connectivity index (χ0v) is 10.7. The zero-order chi connectivity index (χ0) is 13.2.